The predicted molar refractivity (Wildman–Crippen MR) is 83.6 cm³/mol. The van der Waals surface area contributed by atoms with E-state index in [-0.39, 0.29) is 5.91 Å². The van der Waals surface area contributed by atoms with Crippen LogP contribution in [0.1, 0.15) is 25.3 Å². The first kappa shape index (κ1) is 15.4. The van der Waals surface area contributed by atoms with Crippen molar-refractivity contribution in [1.29, 1.82) is 0 Å². The molecule has 1 aromatic rings. The maximum atomic E-state index is 12.2. The second kappa shape index (κ2) is 7.16. The van der Waals surface area contributed by atoms with Crippen LogP contribution < -0.4 is 9.47 Å². The fraction of sp³-hybridized carbons (Fsp3) is 0.471. The van der Waals surface area contributed by atoms with E-state index in [0.717, 1.165) is 36.6 Å². The third-order valence-electron chi connectivity index (χ3n) is 3.81. The quantitative estimate of drug-likeness (QED) is 0.800. The molecule has 1 aromatic carbocycles. The van der Waals surface area contributed by atoms with E-state index < -0.39 is 0 Å². The molecule has 2 rings (SSSR count). The number of hydrogen-bond donors (Lipinski definition) is 0. The van der Waals surface area contributed by atoms with Crippen LogP contribution in [0.25, 0.3) is 6.08 Å². The van der Waals surface area contributed by atoms with Gasteiger partial charge in [0.15, 0.2) is 0 Å². The smallest absolute Gasteiger partial charge is 0.246 e. The molecule has 114 valence electrons. The largest absolute Gasteiger partial charge is 0.497 e. The lowest BCUT2D eigenvalue weighted by atomic mass is 10.0. The maximum absolute atomic E-state index is 12.2. The molecule has 0 aliphatic carbocycles. The summed E-state index contributed by atoms with van der Waals surface area (Å²) in [6.45, 7) is 3.88. The zero-order valence-electron chi connectivity index (χ0n) is 13.0. The third kappa shape index (κ3) is 4.00. The van der Waals surface area contributed by atoms with E-state index in [4.69, 9.17) is 9.47 Å². The monoisotopic (exact) mass is 289 g/mol. The first-order chi connectivity index (χ1) is 10.1. The van der Waals surface area contributed by atoms with E-state index in [9.17, 15) is 4.79 Å². The van der Waals surface area contributed by atoms with Gasteiger partial charge in [-0.15, -0.1) is 0 Å². The number of amides is 1. The molecule has 0 radical (unpaired) electrons. The number of benzene rings is 1. The standard InChI is InChI=1S/C17H23NO3/c1-13-5-4-10-18(12-13)17(19)9-6-14-11-15(20-2)7-8-16(14)21-3/h6-9,11,13H,4-5,10,12H2,1-3H3/b9-6+. The first-order valence-electron chi connectivity index (χ1n) is 7.33. The zero-order valence-corrected chi connectivity index (χ0v) is 13.0. The van der Waals surface area contributed by atoms with Gasteiger partial charge in [-0.1, -0.05) is 6.92 Å². The molecule has 1 unspecified atom stereocenters. The molecule has 0 N–H and O–H groups in total. The highest BCUT2D eigenvalue weighted by Crippen LogP contribution is 2.25. The number of carbonyl (C=O) groups excluding carboxylic acids is 1. The van der Waals surface area contributed by atoms with Gasteiger partial charge in [-0.3, -0.25) is 4.79 Å². The van der Waals surface area contributed by atoms with Gasteiger partial charge in [0.05, 0.1) is 14.2 Å². The van der Waals surface area contributed by atoms with Gasteiger partial charge in [0.2, 0.25) is 5.91 Å². The van der Waals surface area contributed by atoms with Crippen LogP contribution >= 0.6 is 0 Å². The van der Waals surface area contributed by atoms with Crippen LogP contribution in [-0.4, -0.2) is 38.1 Å². The molecule has 1 heterocycles. The van der Waals surface area contributed by atoms with Crippen LogP contribution in [0, 0.1) is 5.92 Å². The molecule has 1 aliphatic rings. The number of methoxy groups -OCH3 is 2. The molecule has 4 nitrogen and oxygen atoms in total. The van der Waals surface area contributed by atoms with Crippen molar-refractivity contribution in [2.24, 2.45) is 5.92 Å². The highest BCUT2D eigenvalue weighted by Gasteiger charge is 2.19. The van der Waals surface area contributed by atoms with Gasteiger partial charge >= 0.3 is 0 Å². The zero-order chi connectivity index (χ0) is 15.2. The highest BCUT2D eigenvalue weighted by molar-refractivity contribution is 5.92. The molecule has 1 amide bonds. The summed E-state index contributed by atoms with van der Waals surface area (Å²) in [5.41, 5.74) is 0.843. The lowest BCUT2D eigenvalue weighted by Gasteiger charge is -2.30. The van der Waals surface area contributed by atoms with E-state index in [1.807, 2.05) is 23.1 Å². The molecule has 21 heavy (non-hydrogen) atoms. The molecular weight excluding hydrogens is 266 g/mol. The fourth-order valence-electron chi connectivity index (χ4n) is 2.63. The van der Waals surface area contributed by atoms with Gasteiger partial charge in [-0.05, 0) is 43.0 Å². The second-order valence-corrected chi connectivity index (χ2v) is 5.47. The minimum atomic E-state index is 0.0615. The number of piperidine rings is 1. The Morgan fingerprint density at radius 3 is 2.81 bits per heavy atom. The SMILES string of the molecule is COc1ccc(OC)c(/C=C/C(=O)N2CCCC(C)C2)c1. The molecule has 1 fully saturated rings. The number of ether oxygens (including phenoxy) is 2. The lowest BCUT2D eigenvalue weighted by molar-refractivity contribution is -0.127. The van der Waals surface area contributed by atoms with Crippen LogP contribution in [0.15, 0.2) is 24.3 Å². The Balaban J connectivity index is 2.10. The number of likely N-dealkylation sites (tertiary alicyclic amines) is 1. The minimum Gasteiger partial charge on any atom is -0.497 e. The molecule has 1 atom stereocenters. The molecule has 0 bridgehead atoms. The Labute approximate surface area is 126 Å². The predicted octanol–water partition coefficient (Wildman–Crippen LogP) is 2.98. The van der Waals surface area contributed by atoms with Gasteiger partial charge in [0, 0.05) is 24.7 Å². The molecular formula is C17H23NO3. The van der Waals surface area contributed by atoms with Gasteiger partial charge < -0.3 is 14.4 Å². The first-order valence-corrected chi connectivity index (χ1v) is 7.33. The Morgan fingerprint density at radius 1 is 1.33 bits per heavy atom. The van der Waals surface area contributed by atoms with E-state index >= 15 is 0 Å². The van der Waals surface area contributed by atoms with Crippen LogP contribution in [0.4, 0.5) is 0 Å². The lowest BCUT2D eigenvalue weighted by Crippen LogP contribution is -2.38. The summed E-state index contributed by atoms with van der Waals surface area (Å²) in [5.74, 6) is 2.12. The summed E-state index contributed by atoms with van der Waals surface area (Å²) in [7, 11) is 3.24. The third-order valence-corrected chi connectivity index (χ3v) is 3.81. The van der Waals surface area contributed by atoms with Crippen molar-refractivity contribution in [3.8, 4) is 11.5 Å². The minimum absolute atomic E-state index is 0.0615. The fourth-order valence-corrected chi connectivity index (χ4v) is 2.63. The van der Waals surface area contributed by atoms with Crippen LogP contribution in [0.2, 0.25) is 0 Å². The molecule has 0 aromatic heterocycles. The van der Waals surface area contributed by atoms with Gasteiger partial charge in [-0.2, -0.15) is 0 Å². The van der Waals surface area contributed by atoms with Crippen molar-refractivity contribution in [3.63, 3.8) is 0 Å². The summed E-state index contributed by atoms with van der Waals surface area (Å²) in [5, 5.41) is 0. The molecule has 0 spiro atoms. The normalized spacial score (nSPS) is 18.8. The summed E-state index contributed by atoms with van der Waals surface area (Å²) in [4.78, 5) is 14.2. The number of hydrogen-bond acceptors (Lipinski definition) is 3. The van der Waals surface area contributed by atoms with E-state index in [2.05, 4.69) is 6.92 Å². The van der Waals surface area contributed by atoms with Gasteiger partial charge in [0.25, 0.3) is 0 Å². The van der Waals surface area contributed by atoms with Crippen LogP contribution in [0.3, 0.4) is 0 Å². The molecule has 1 saturated heterocycles. The summed E-state index contributed by atoms with van der Waals surface area (Å²) in [6, 6.07) is 5.54. The molecule has 4 heteroatoms. The van der Waals surface area contributed by atoms with Crippen molar-refractivity contribution in [3.05, 3.63) is 29.8 Å². The van der Waals surface area contributed by atoms with E-state index in [1.54, 1.807) is 26.4 Å². The average molecular weight is 289 g/mol. The van der Waals surface area contributed by atoms with Crippen molar-refractivity contribution in [2.75, 3.05) is 27.3 Å². The Hall–Kier alpha value is -1.97. The van der Waals surface area contributed by atoms with Gasteiger partial charge in [0.1, 0.15) is 11.5 Å². The van der Waals surface area contributed by atoms with Crippen LogP contribution in [0.5, 0.6) is 11.5 Å². The maximum Gasteiger partial charge on any atom is 0.246 e. The van der Waals surface area contributed by atoms with Crippen molar-refractivity contribution >= 4 is 12.0 Å². The summed E-state index contributed by atoms with van der Waals surface area (Å²) < 4.78 is 10.5. The molecule has 0 saturated carbocycles. The summed E-state index contributed by atoms with van der Waals surface area (Å²) in [6.07, 6.45) is 5.71. The van der Waals surface area contributed by atoms with Gasteiger partial charge in [-0.25, -0.2) is 0 Å². The van der Waals surface area contributed by atoms with Crippen LogP contribution in [-0.2, 0) is 4.79 Å². The average Bonchev–Trinajstić information content (AvgIpc) is 2.52. The number of nitrogens with zero attached hydrogens (tertiary/aromatic N) is 1. The highest BCUT2D eigenvalue weighted by atomic mass is 16.5. The number of carbonyl (C=O) groups is 1. The van der Waals surface area contributed by atoms with Crippen molar-refractivity contribution in [2.45, 2.75) is 19.8 Å². The van der Waals surface area contributed by atoms with E-state index in [0.29, 0.717) is 5.92 Å². The Bertz CT molecular complexity index is 525. The Kier molecular flexibility index (Phi) is 5.26. The van der Waals surface area contributed by atoms with Crippen molar-refractivity contribution in [1.82, 2.24) is 4.90 Å². The second-order valence-electron chi connectivity index (χ2n) is 5.47. The Morgan fingerprint density at radius 2 is 2.14 bits per heavy atom. The topological polar surface area (TPSA) is 38.8 Å². The summed E-state index contributed by atoms with van der Waals surface area (Å²) >= 11 is 0. The number of rotatable bonds is 4. The van der Waals surface area contributed by atoms with E-state index in [1.165, 1.54) is 6.42 Å². The van der Waals surface area contributed by atoms with Crippen molar-refractivity contribution < 1.29 is 14.3 Å². The molecule has 1 aliphatic heterocycles.